The minimum atomic E-state index is -0.192. The molecule has 0 aromatic heterocycles. The van der Waals surface area contributed by atoms with Crippen LogP contribution in [0.3, 0.4) is 0 Å². The van der Waals surface area contributed by atoms with Crippen LogP contribution >= 0.6 is 0 Å². The van der Waals surface area contributed by atoms with Crippen molar-refractivity contribution >= 4 is 0 Å². The molecule has 3 saturated carbocycles. The first-order valence-corrected chi connectivity index (χ1v) is 14.7. The van der Waals surface area contributed by atoms with E-state index in [-0.39, 0.29) is 6.10 Å². The smallest absolute Gasteiger partial charge is 0.102 e. The molecule has 0 heterocycles. The third-order valence-corrected chi connectivity index (χ3v) is 10.9. The Bertz CT molecular complexity index is 639. The third kappa shape index (κ3) is 5.57. The van der Waals surface area contributed by atoms with Crippen molar-refractivity contribution in [2.45, 2.75) is 138 Å². The van der Waals surface area contributed by atoms with Gasteiger partial charge in [0.15, 0.2) is 0 Å². The minimum absolute atomic E-state index is 0.192. The second-order valence-corrected chi connectivity index (χ2v) is 13.2. The Labute approximate surface area is 205 Å². The summed E-state index contributed by atoms with van der Waals surface area (Å²) in [6.07, 6.45) is 19.0. The molecule has 8 atom stereocenters. The largest absolute Gasteiger partial charge is 0.191 e. The van der Waals surface area contributed by atoms with E-state index in [9.17, 15) is 4.53 Å². The topological polar surface area (TPSA) is 9.23 Å². The molecule has 192 valence electrons. The average Bonchev–Trinajstić information content (AvgIpc) is 3.15. The normalized spacial score (nSPS) is 40.8. The molecule has 1 nitrogen and oxygen atoms in total. The predicted octanol–water partition coefficient (Wildman–Crippen LogP) is 10.1. The molecule has 0 N–H and O–H groups in total. The van der Waals surface area contributed by atoms with Gasteiger partial charge in [-0.05, 0) is 102 Å². The molecule has 4 rings (SSSR count). The third-order valence-electron chi connectivity index (χ3n) is 10.9. The zero-order valence-corrected chi connectivity index (χ0v) is 23.1. The van der Waals surface area contributed by atoms with Gasteiger partial charge in [-0.2, -0.15) is 4.94 Å². The first-order chi connectivity index (χ1) is 15.7. The molecule has 3 fully saturated rings. The van der Waals surface area contributed by atoms with Gasteiger partial charge in [-0.1, -0.05) is 92.2 Å². The lowest BCUT2D eigenvalue weighted by atomic mass is 9.47. The van der Waals surface area contributed by atoms with Crippen LogP contribution in [0.25, 0.3) is 0 Å². The van der Waals surface area contributed by atoms with Crippen LogP contribution in [0.15, 0.2) is 11.6 Å². The lowest BCUT2D eigenvalue weighted by Crippen LogP contribution is -2.50. The molecule has 33 heavy (non-hydrogen) atoms. The molecule has 0 saturated heterocycles. The molecular formula is C31H55FO. The van der Waals surface area contributed by atoms with Crippen LogP contribution < -0.4 is 0 Å². The van der Waals surface area contributed by atoms with E-state index in [1.807, 2.05) is 0 Å². The van der Waals surface area contributed by atoms with Gasteiger partial charge in [0, 0.05) is 0 Å². The number of hydrogen-bond donors (Lipinski definition) is 0. The summed E-state index contributed by atoms with van der Waals surface area (Å²) >= 11 is 0. The summed E-state index contributed by atoms with van der Waals surface area (Å²) in [5.74, 6) is 5.22. The van der Waals surface area contributed by atoms with Crippen LogP contribution in [0, 0.1) is 46.3 Å². The van der Waals surface area contributed by atoms with Gasteiger partial charge in [0.05, 0.1) is 0 Å². The number of fused-ring (bicyclic) bond motifs is 5. The van der Waals surface area contributed by atoms with Crippen molar-refractivity contribution < 1.29 is 9.47 Å². The van der Waals surface area contributed by atoms with Crippen LogP contribution in [0.2, 0.25) is 0 Å². The van der Waals surface area contributed by atoms with Crippen LogP contribution in [0.4, 0.5) is 4.53 Å². The van der Waals surface area contributed by atoms with Gasteiger partial charge in [0.1, 0.15) is 6.10 Å². The molecule has 0 aliphatic heterocycles. The Hall–Kier alpha value is -0.370. The summed E-state index contributed by atoms with van der Waals surface area (Å²) in [5, 5.41) is 0. The maximum atomic E-state index is 12.8. The second kappa shape index (κ2) is 11.6. The lowest BCUT2D eigenvalue weighted by Gasteiger charge is -2.58. The number of allylic oxidation sites excluding steroid dienone is 1. The van der Waals surface area contributed by atoms with E-state index in [2.05, 4.69) is 59.5 Å². The maximum absolute atomic E-state index is 12.8. The van der Waals surface area contributed by atoms with E-state index in [1.54, 1.807) is 0 Å². The highest BCUT2D eigenvalue weighted by Crippen LogP contribution is 2.67. The molecule has 0 radical (unpaired) electrons. The van der Waals surface area contributed by atoms with Gasteiger partial charge < -0.3 is 0 Å². The molecule has 0 aromatic carbocycles. The molecule has 0 bridgehead atoms. The summed E-state index contributed by atoms with van der Waals surface area (Å²) in [6.45, 7) is 16.8. The SMILES string of the molecule is CC(C)CCCC(C)C1CCC2C3CC=C4CC(OF)CCC4(C)C3CCC12C.CCCC. The van der Waals surface area contributed by atoms with Crippen LogP contribution in [-0.2, 0) is 4.94 Å². The molecule has 0 amide bonds. The monoisotopic (exact) mass is 462 g/mol. The van der Waals surface area contributed by atoms with Crippen LogP contribution in [-0.4, -0.2) is 6.10 Å². The Balaban J connectivity index is 0.000000709. The second-order valence-electron chi connectivity index (χ2n) is 13.2. The van der Waals surface area contributed by atoms with E-state index >= 15 is 0 Å². The first kappa shape index (κ1) is 27.2. The van der Waals surface area contributed by atoms with Crippen LogP contribution in [0.5, 0.6) is 0 Å². The lowest BCUT2D eigenvalue weighted by molar-refractivity contribution is -0.190. The molecule has 0 spiro atoms. The van der Waals surface area contributed by atoms with Gasteiger partial charge >= 0.3 is 0 Å². The Morgan fingerprint density at radius 3 is 2.33 bits per heavy atom. The number of hydrogen-bond acceptors (Lipinski definition) is 1. The van der Waals surface area contributed by atoms with E-state index in [1.165, 1.54) is 69.8 Å². The highest BCUT2D eigenvalue weighted by atomic mass is 19.3. The van der Waals surface area contributed by atoms with Crippen molar-refractivity contribution in [1.29, 1.82) is 0 Å². The first-order valence-electron chi connectivity index (χ1n) is 14.7. The van der Waals surface area contributed by atoms with Crippen molar-refractivity contribution in [3.8, 4) is 0 Å². The van der Waals surface area contributed by atoms with Crippen molar-refractivity contribution in [2.75, 3.05) is 0 Å². The number of rotatable bonds is 7. The summed E-state index contributed by atoms with van der Waals surface area (Å²) in [6, 6.07) is 0. The summed E-state index contributed by atoms with van der Waals surface area (Å²) in [5.41, 5.74) is 2.38. The van der Waals surface area contributed by atoms with Crippen LogP contribution in [0.1, 0.15) is 132 Å². The molecule has 4 aliphatic rings. The van der Waals surface area contributed by atoms with E-state index in [0.717, 1.165) is 54.8 Å². The zero-order valence-electron chi connectivity index (χ0n) is 23.1. The van der Waals surface area contributed by atoms with Gasteiger partial charge in [-0.25, -0.2) is 0 Å². The van der Waals surface area contributed by atoms with Crippen molar-refractivity contribution in [2.24, 2.45) is 46.3 Å². The Morgan fingerprint density at radius 2 is 1.70 bits per heavy atom. The van der Waals surface area contributed by atoms with E-state index in [0.29, 0.717) is 10.8 Å². The molecule has 2 heteroatoms. The summed E-state index contributed by atoms with van der Waals surface area (Å²) in [4.78, 5) is 4.25. The average molecular weight is 463 g/mol. The van der Waals surface area contributed by atoms with E-state index < -0.39 is 0 Å². The highest BCUT2D eigenvalue weighted by molar-refractivity contribution is 5.25. The minimum Gasteiger partial charge on any atom is -0.191 e. The van der Waals surface area contributed by atoms with Gasteiger partial charge in [-0.3, -0.25) is 0 Å². The highest BCUT2D eigenvalue weighted by Gasteiger charge is 2.59. The number of halogens is 1. The number of unbranched alkanes of at least 4 members (excludes halogenated alkanes) is 1. The summed E-state index contributed by atoms with van der Waals surface area (Å²) in [7, 11) is 0. The quantitative estimate of drug-likeness (QED) is 0.342. The standard InChI is InChI=1S/C27H45FO.C4H10/c1-18(2)7-6-8-19(3)23-11-12-24-22-10-9-20-17-21(29-28)13-15-26(20,4)25(22)14-16-27(23,24)5;1-3-4-2/h9,18-19,21-25H,6-8,10-17H2,1-5H3;3-4H2,1-2H3. The molecule has 8 unspecified atom stereocenters. The van der Waals surface area contributed by atoms with Crippen molar-refractivity contribution in [1.82, 2.24) is 0 Å². The Morgan fingerprint density at radius 1 is 0.970 bits per heavy atom. The molecule has 0 aromatic rings. The van der Waals surface area contributed by atoms with Gasteiger partial charge in [0.25, 0.3) is 0 Å². The molecular weight excluding hydrogens is 407 g/mol. The molecule has 4 aliphatic carbocycles. The fourth-order valence-corrected chi connectivity index (χ4v) is 8.73. The van der Waals surface area contributed by atoms with Crippen molar-refractivity contribution in [3.63, 3.8) is 0 Å². The Kier molecular flexibility index (Phi) is 9.55. The maximum Gasteiger partial charge on any atom is 0.102 e. The fourth-order valence-electron chi connectivity index (χ4n) is 8.73. The summed E-state index contributed by atoms with van der Waals surface area (Å²) < 4.78 is 12.8. The fraction of sp³-hybridized carbons (Fsp3) is 0.935. The van der Waals surface area contributed by atoms with Gasteiger partial charge in [0.2, 0.25) is 0 Å². The predicted molar refractivity (Wildman–Crippen MR) is 140 cm³/mol. The van der Waals surface area contributed by atoms with Crippen molar-refractivity contribution in [3.05, 3.63) is 11.6 Å². The zero-order chi connectivity index (χ0) is 24.2. The van der Waals surface area contributed by atoms with Gasteiger partial charge in [-0.15, -0.1) is 0 Å². The van der Waals surface area contributed by atoms with E-state index in [4.69, 9.17) is 0 Å².